The summed E-state index contributed by atoms with van der Waals surface area (Å²) in [4.78, 5) is 12.2. The second kappa shape index (κ2) is 13.9. The number of carbonyl (C=O) groups is 1. The zero-order valence-electron chi connectivity index (χ0n) is 21.9. The highest BCUT2D eigenvalue weighted by atomic mass is 16.8. The molecule has 0 radical (unpaired) electrons. The van der Waals surface area contributed by atoms with E-state index in [0.29, 0.717) is 0 Å². The van der Waals surface area contributed by atoms with Crippen LogP contribution in [0.1, 0.15) is 19.8 Å². The molecule has 0 spiro atoms. The smallest absolute Gasteiger partial charge is 0.364 e. The van der Waals surface area contributed by atoms with E-state index in [1.54, 1.807) is 0 Å². The minimum absolute atomic E-state index is 0.0601. The number of carboxylic acid groups (broad SMARTS) is 1. The van der Waals surface area contributed by atoms with Gasteiger partial charge in [0.15, 0.2) is 12.6 Å². The van der Waals surface area contributed by atoms with Crippen LogP contribution in [0, 0.1) is 5.92 Å². The third kappa shape index (κ3) is 6.91. The van der Waals surface area contributed by atoms with Crippen molar-refractivity contribution in [1.29, 1.82) is 0 Å². The van der Waals surface area contributed by atoms with Gasteiger partial charge in [0.1, 0.15) is 48.8 Å². The lowest BCUT2D eigenvalue weighted by Gasteiger charge is -2.47. The molecule has 5 unspecified atom stereocenters. The predicted molar refractivity (Wildman–Crippen MR) is 125 cm³/mol. The first-order valence-corrected chi connectivity index (χ1v) is 12.8. The molecule has 0 aromatic heterocycles. The summed E-state index contributed by atoms with van der Waals surface area (Å²) < 4.78 is 32.7. The zero-order valence-corrected chi connectivity index (χ0v) is 21.9. The summed E-state index contributed by atoms with van der Waals surface area (Å²) >= 11 is 0. The highest BCUT2D eigenvalue weighted by molar-refractivity contribution is 5.76. The molecule has 234 valence electrons. The van der Waals surface area contributed by atoms with Crippen molar-refractivity contribution in [3.63, 3.8) is 0 Å². The van der Waals surface area contributed by atoms with Crippen molar-refractivity contribution in [3.05, 3.63) is 0 Å². The molecule has 0 aromatic rings. The SMILES string of the molecule is COC1C[C@@H](O)[C@H](O[C@@H]2OC(CO[C@]3(C(=O)O)C[C@@H](O)[C@@H](C)C([C@H](O)[C@H](O)CO)O3)[C@H](O)[C@H](O)C2O)C(CO)O1. The number of aliphatic hydroxyl groups is 9. The second-order valence-corrected chi connectivity index (χ2v) is 10.3. The number of ether oxygens (including phenoxy) is 6. The van der Waals surface area contributed by atoms with Crippen molar-refractivity contribution in [1.82, 2.24) is 0 Å². The van der Waals surface area contributed by atoms with Crippen LogP contribution in [0.4, 0.5) is 0 Å². The van der Waals surface area contributed by atoms with Crippen LogP contribution >= 0.6 is 0 Å². The lowest BCUT2D eigenvalue weighted by Crippen LogP contribution is -2.64. The fourth-order valence-electron chi connectivity index (χ4n) is 4.98. The number of rotatable bonds is 11. The highest BCUT2D eigenvalue weighted by Gasteiger charge is 2.55. The molecule has 10 N–H and O–H groups in total. The molecular weight excluding hydrogens is 548 g/mol. The summed E-state index contributed by atoms with van der Waals surface area (Å²) in [6.45, 7) is -0.861. The third-order valence-corrected chi connectivity index (χ3v) is 7.56. The van der Waals surface area contributed by atoms with Crippen molar-refractivity contribution in [3.8, 4) is 0 Å². The minimum Gasteiger partial charge on any atom is -0.477 e. The quantitative estimate of drug-likeness (QED) is 0.108. The van der Waals surface area contributed by atoms with Gasteiger partial charge in [0.05, 0.1) is 38.1 Å². The van der Waals surface area contributed by atoms with Crippen molar-refractivity contribution in [2.24, 2.45) is 5.92 Å². The molecule has 0 amide bonds. The average Bonchev–Trinajstić information content (AvgIpc) is 2.93. The molecule has 17 heteroatoms. The maximum absolute atomic E-state index is 12.2. The van der Waals surface area contributed by atoms with Crippen LogP contribution in [0.15, 0.2) is 0 Å². The molecular formula is C23H40O17. The summed E-state index contributed by atoms with van der Waals surface area (Å²) in [5, 5.41) is 101. The molecule has 3 fully saturated rings. The van der Waals surface area contributed by atoms with Crippen LogP contribution in [0.25, 0.3) is 0 Å². The van der Waals surface area contributed by atoms with E-state index in [0.717, 1.165) is 0 Å². The average molecular weight is 589 g/mol. The Morgan fingerprint density at radius 3 is 2.25 bits per heavy atom. The van der Waals surface area contributed by atoms with E-state index in [1.807, 2.05) is 0 Å². The van der Waals surface area contributed by atoms with Gasteiger partial charge in [-0.1, -0.05) is 6.92 Å². The lowest BCUT2D eigenvalue weighted by molar-refractivity contribution is -0.358. The first kappa shape index (κ1) is 33.4. The molecule has 3 heterocycles. The first-order chi connectivity index (χ1) is 18.8. The Labute approximate surface area is 229 Å². The Morgan fingerprint density at radius 1 is 1.00 bits per heavy atom. The summed E-state index contributed by atoms with van der Waals surface area (Å²) in [5.41, 5.74) is 0. The normalized spacial score (nSPS) is 46.1. The summed E-state index contributed by atoms with van der Waals surface area (Å²) in [5.74, 6) is -5.23. The monoisotopic (exact) mass is 588 g/mol. The van der Waals surface area contributed by atoms with Gasteiger partial charge >= 0.3 is 5.97 Å². The molecule has 0 aliphatic carbocycles. The highest BCUT2D eigenvalue weighted by Crippen LogP contribution is 2.37. The van der Waals surface area contributed by atoms with Crippen LogP contribution in [0.2, 0.25) is 0 Å². The van der Waals surface area contributed by atoms with Gasteiger partial charge in [-0.2, -0.15) is 0 Å². The van der Waals surface area contributed by atoms with Gasteiger partial charge in [-0.3, -0.25) is 0 Å². The molecule has 3 rings (SSSR count). The molecule has 17 nitrogen and oxygen atoms in total. The standard InChI is InChI=1S/C23H40O17/c1-8-10(27)4-23(22(33)34,40-19(8)15(29)11(28)5-24)36-7-13-16(30)17(31)18(32)21(38-13)39-20-9(26)3-14(35-2)37-12(20)6-25/h8-21,24-32H,3-7H2,1-2H3,(H,33,34)/t8-,9-,10-,11-,12?,13?,14?,15-,16+,17+,18?,19?,20+,21+,23-/m1/s1. The van der Waals surface area contributed by atoms with E-state index in [-0.39, 0.29) is 6.42 Å². The summed E-state index contributed by atoms with van der Waals surface area (Å²) in [6.07, 6.45) is -20.4. The molecule has 3 aliphatic heterocycles. The van der Waals surface area contributed by atoms with Crippen LogP contribution in [-0.2, 0) is 33.2 Å². The van der Waals surface area contributed by atoms with Crippen molar-refractivity contribution in [2.45, 2.75) is 105 Å². The molecule has 40 heavy (non-hydrogen) atoms. The number of methoxy groups -OCH3 is 1. The Bertz CT molecular complexity index is 818. The van der Waals surface area contributed by atoms with E-state index in [1.165, 1.54) is 14.0 Å². The number of aliphatic carboxylic acids is 1. The predicted octanol–water partition coefficient (Wildman–Crippen LogP) is -5.41. The van der Waals surface area contributed by atoms with Crippen LogP contribution in [0.3, 0.4) is 0 Å². The Morgan fingerprint density at radius 2 is 1.68 bits per heavy atom. The number of hydrogen-bond donors (Lipinski definition) is 10. The fourth-order valence-corrected chi connectivity index (χ4v) is 4.98. The third-order valence-electron chi connectivity index (χ3n) is 7.56. The summed E-state index contributed by atoms with van der Waals surface area (Å²) in [6, 6.07) is 0. The fraction of sp³-hybridized carbons (Fsp3) is 0.957. The molecule has 0 saturated carbocycles. The van der Waals surface area contributed by atoms with Gasteiger partial charge in [0.25, 0.3) is 5.79 Å². The molecule has 3 saturated heterocycles. The van der Waals surface area contributed by atoms with E-state index in [4.69, 9.17) is 28.4 Å². The Hall–Kier alpha value is -1.13. The maximum Gasteiger partial charge on any atom is 0.364 e. The Balaban J connectivity index is 1.76. The number of aliphatic hydroxyl groups excluding tert-OH is 9. The van der Waals surface area contributed by atoms with Crippen LogP contribution < -0.4 is 0 Å². The van der Waals surface area contributed by atoms with Gasteiger partial charge in [-0.25, -0.2) is 4.79 Å². The Kier molecular flexibility index (Phi) is 11.6. The van der Waals surface area contributed by atoms with E-state index >= 15 is 0 Å². The largest absolute Gasteiger partial charge is 0.477 e. The van der Waals surface area contributed by atoms with E-state index < -0.39 is 124 Å². The van der Waals surface area contributed by atoms with Gasteiger partial charge in [-0.15, -0.1) is 0 Å². The molecule has 0 bridgehead atoms. The maximum atomic E-state index is 12.2. The molecule has 15 atom stereocenters. The van der Waals surface area contributed by atoms with Gasteiger partial charge < -0.3 is 79.5 Å². The molecule has 3 aliphatic rings. The first-order valence-electron chi connectivity index (χ1n) is 12.8. The van der Waals surface area contributed by atoms with Gasteiger partial charge in [-0.05, 0) is 0 Å². The number of carboxylic acids is 1. The minimum atomic E-state index is -2.61. The summed E-state index contributed by atoms with van der Waals surface area (Å²) in [7, 11) is 1.33. The van der Waals surface area contributed by atoms with Crippen molar-refractivity contribution < 1.29 is 84.3 Å². The van der Waals surface area contributed by atoms with Crippen molar-refractivity contribution >= 4 is 5.97 Å². The van der Waals surface area contributed by atoms with Crippen LogP contribution in [-0.4, -0.2) is 169 Å². The zero-order chi connectivity index (χ0) is 29.9. The van der Waals surface area contributed by atoms with E-state index in [2.05, 4.69) is 0 Å². The van der Waals surface area contributed by atoms with Gasteiger partial charge in [0, 0.05) is 25.9 Å². The lowest BCUT2D eigenvalue weighted by atomic mass is 9.84. The number of hydrogen-bond acceptors (Lipinski definition) is 16. The van der Waals surface area contributed by atoms with Crippen LogP contribution in [0.5, 0.6) is 0 Å². The second-order valence-electron chi connectivity index (χ2n) is 10.3. The van der Waals surface area contributed by atoms with E-state index in [9.17, 15) is 55.9 Å². The van der Waals surface area contributed by atoms with Gasteiger partial charge in [0.2, 0.25) is 0 Å². The topological polar surface area (TPSA) is 275 Å². The molecule has 0 aromatic carbocycles. The van der Waals surface area contributed by atoms with Crippen molar-refractivity contribution in [2.75, 3.05) is 26.9 Å².